The molecule has 0 unspecified atom stereocenters. The fourth-order valence-corrected chi connectivity index (χ4v) is 0.859. The molecule has 0 rings (SSSR count). The molecule has 0 aliphatic heterocycles. The number of nitrogens with one attached hydrogen (secondary N) is 1. The van der Waals surface area contributed by atoms with Crippen LogP contribution in [-0.2, 0) is 0 Å². The van der Waals surface area contributed by atoms with Gasteiger partial charge in [-0.15, -0.1) is 0 Å². The molecule has 0 atom stereocenters. The molecule has 0 aromatic heterocycles. The second-order valence-electron chi connectivity index (χ2n) is 3.24. The third-order valence-electron chi connectivity index (χ3n) is 2.01. The Balaban J connectivity index is 3.12. The van der Waals surface area contributed by atoms with E-state index >= 15 is 0 Å². The zero-order chi connectivity index (χ0) is 9.94. The van der Waals surface area contributed by atoms with Crippen molar-refractivity contribution in [1.82, 2.24) is 10.2 Å². The predicted octanol–water partition coefficient (Wildman–Crippen LogP) is 1.36. The van der Waals surface area contributed by atoms with Crippen LogP contribution in [0.3, 0.4) is 0 Å². The molecular weight excluding hydrogens is 162 g/mol. The van der Waals surface area contributed by atoms with Gasteiger partial charge in [0.05, 0.1) is 12.9 Å². The van der Waals surface area contributed by atoms with Gasteiger partial charge in [0.2, 0.25) is 0 Å². The Kier molecular flexibility index (Phi) is 9.10. The summed E-state index contributed by atoms with van der Waals surface area (Å²) in [7, 11) is 2.11. The van der Waals surface area contributed by atoms with Crippen LogP contribution in [0.4, 0.5) is 0 Å². The molecule has 0 aromatic carbocycles. The smallest absolute Gasteiger partial charge is 0.0824 e. The van der Waals surface area contributed by atoms with Gasteiger partial charge < -0.3 is 10.2 Å². The number of hydrogen-bond donors (Lipinski definition) is 1. The molecule has 0 bridgehead atoms. The fraction of sp³-hybridized carbons (Fsp3) is 0.900. The highest BCUT2D eigenvalue weighted by molar-refractivity contribution is 5.53. The fourth-order valence-electron chi connectivity index (χ4n) is 0.859. The Morgan fingerprint density at radius 1 is 1.38 bits per heavy atom. The molecule has 0 aromatic rings. The van der Waals surface area contributed by atoms with E-state index in [4.69, 9.17) is 0 Å². The molecule has 78 valence electrons. The molecular formula is C10H23N3. The largest absolute Gasteiger partial charge is 0.376 e. The van der Waals surface area contributed by atoms with Gasteiger partial charge >= 0.3 is 0 Å². The lowest BCUT2D eigenvalue weighted by Crippen LogP contribution is -2.21. The first kappa shape index (κ1) is 12.4. The van der Waals surface area contributed by atoms with Crippen molar-refractivity contribution in [3.05, 3.63) is 0 Å². The lowest BCUT2D eigenvalue weighted by molar-refractivity contribution is 0.363. The summed E-state index contributed by atoms with van der Waals surface area (Å²) < 4.78 is 0. The van der Waals surface area contributed by atoms with Crippen molar-refractivity contribution in [1.29, 1.82) is 0 Å². The van der Waals surface area contributed by atoms with Crippen molar-refractivity contribution < 1.29 is 0 Å². The Morgan fingerprint density at radius 2 is 2.15 bits per heavy atom. The Labute approximate surface area is 82.2 Å². The Bertz CT molecular complexity index is 123. The lowest BCUT2D eigenvalue weighted by Gasteiger charge is -2.10. The van der Waals surface area contributed by atoms with Crippen LogP contribution >= 0.6 is 0 Å². The van der Waals surface area contributed by atoms with Crippen LogP contribution in [-0.4, -0.2) is 44.5 Å². The molecule has 0 saturated carbocycles. The van der Waals surface area contributed by atoms with Crippen LogP contribution in [0.5, 0.6) is 0 Å². The molecule has 3 heteroatoms. The van der Waals surface area contributed by atoms with Crippen LogP contribution in [0.2, 0.25) is 0 Å². The van der Waals surface area contributed by atoms with E-state index < -0.39 is 0 Å². The molecule has 0 heterocycles. The SMILES string of the molecule is CCCCN/C=N/CCN(C)CC. The first-order valence-electron chi connectivity index (χ1n) is 5.21. The molecule has 0 aliphatic rings. The molecule has 0 aliphatic carbocycles. The summed E-state index contributed by atoms with van der Waals surface area (Å²) in [5, 5.41) is 3.17. The first-order valence-corrected chi connectivity index (χ1v) is 5.21. The summed E-state index contributed by atoms with van der Waals surface area (Å²) in [5.74, 6) is 0. The maximum Gasteiger partial charge on any atom is 0.0824 e. The van der Waals surface area contributed by atoms with Crippen molar-refractivity contribution in [2.75, 3.05) is 33.2 Å². The zero-order valence-electron chi connectivity index (χ0n) is 9.21. The minimum absolute atomic E-state index is 0.892. The van der Waals surface area contributed by atoms with Crippen molar-refractivity contribution in [3.63, 3.8) is 0 Å². The van der Waals surface area contributed by atoms with Gasteiger partial charge in [-0.2, -0.15) is 0 Å². The number of hydrogen-bond acceptors (Lipinski definition) is 2. The second-order valence-corrected chi connectivity index (χ2v) is 3.24. The minimum atomic E-state index is 0.892. The third kappa shape index (κ3) is 9.34. The monoisotopic (exact) mass is 185 g/mol. The molecule has 0 amide bonds. The van der Waals surface area contributed by atoms with E-state index in [1.807, 2.05) is 6.34 Å². The average Bonchev–Trinajstić information content (AvgIpc) is 2.16. The molecule has 0 saturated heterocycles. The summed E-state index contributed by atoms with van der Waals surface area (Å²) in [6, 6.07) is 0. The predicted molar refractivity (Wildman–Crippen MR) is 59.4 cm³/mol. The summed E-state index contributed by atoms with van der Waals surface area (Å²) in [6.07, 6.45) is 4.29. The summed E-state index contributed by atoms with van der Waals surface area (Å²) in [4.78, 5) is 6.51. The van der Waals surface area contributed by atoms with Crippen LogP contribution < -0.4 is 5.32 Å². The first-order chi connectivity index (χ1) is 6.31. The van der Waals surface area contributed by atoms with Gasteiger partial charge in [-0.3, -0.25) is 4.99 Å². The van der Waals surface area contributed by atoms with Gasteiger partial charge in [0.25, 0.3) is 0 Å². The molecule has 0 fully saturated rings. The van der Waals surface area contributed by atoms with E-state index in [1.165, 1.54) is 12.8 Å². The van der Waals surface area contributed by atoms with Gasteiger partial charge in [-0.1, -0.05) is 20.3 Å². The van der Waals surface area contributed by atoms with Gasteiger partial charge in [0, 0.05) is 13.1 Å². The normalized spacial score (nSPS) is 11.4. The molecule has 0 spiro atoms. The van der Waals surface area contributed by atoms with Gasteiger partial charge in [0.1, 0.15) is 0 Å². The minimum Gasteiger partial charge on any atom is -0.376 e. The third-order valence-corrected chi connectivity index (χ3v) is 2.01. The Hall–Kier alpha value is -0.570. The molecule has 3 nitrogen and oxygen atoms in total. The maximum atomic E-state index is 4.25. The van der Waals surface area contributed by atoms with Crippen LogP contribution in [0.25, 0.3) is 0 Å². The van der Waals surface area contributed by atoms with E-state index in [0.717, 1.165) is 26.2 Å². The molecule has 0 radical (unpaired) electrons. The zero-order valence-corrected chi connectivity index (χ0v) is 9.21. The highest BCUT2D eigenvalue weighted by Gasteiger charge is 1.89. The Morgan fingerprint density at radius 3 is 2.77 bits per heavy atom. The maximum absolute atomic E-state index is 4.25. The highest BCUT2D eigenvalue weighted by atomic mass is 15.1. The van der Waals surface area contributed by atoms with Crippen molar-refractivity contribution in [2.24, 2.45) is 4.99 Å². The van der Waals surface area contributed by atoms with Gasteiger partial charge in [0.15, 0.2) is 0 Å². The van der Waals surface area contributed by atoms with E-state index in [9.17, 15) is 0 Å². The molecule has 1 N–H and O–H groups in total. The number of aliphatic imine (C=N–C) groups is 1. The van der Waals surface area contributed by atoms with Crippen molar-refractivity contribution in [3.8, 4) is 0 Å². The van der Waals surface area contributed by atoms with Crippen molar-refractivity contribution >= 4 is 6.34 Å². The summed E-state index contributed by atoms with van der Waals surface area (Å²) in [6.45, 7) is 8.42. The summed E-state index contributed by atoms with van der Waals surface area (Å²) >= 11 is 0. The van der Waals surface area contributed by atoms with E-state index in [1.54, 1.807) is 0 Å². The van der Waals surface area contributed by atoms with E-state index in [-0.39, 0.29) is 0 Å². The summed E-state index contributed by atoms with van der Waals surface area (Å²) in [5.41, 5.74) is 0. The number of rotatable bonds is 8. The van der Waals surface area contributed by atoms with Gasteiger partial charge in [-0.25, -0.2) is 0 Å². The lowest BCUT2D eigenvalue weighted by atomic mass is 10.3. The van der Waals surface area contributed by atoms with E-state index in [0.29, 0.717) is 0 Å². The van der Waals surface area contributed by atoms with Crippen LogP contribution in [0.1, 0.15) is 26.7 Å². The van der Waals surface area contributed by atoms with Crippen LogP contribution in [0.15, 0.2) is 4.99 Å². The van der Waals surface area contributed by atoms with Gasteiger partial charge in [-0.05, 0) is 20.0 Å². The van der Waals surface area contributed by atoms with Crippen molar-refractivity contribution in [2.45, 2.75) is 26.7 Å². The quantitative estimate of drug-likeness (QED) is 0.351. The standard InChI is InChI=1S/C10H23N3/c1-4-6-7-11-10-12-8-9-13(3)5-2/h10H,4-9H2,1-3H3,(H,11,12). The topological polar surface area (TPSA) is 27.6 Å². The number of unbranched alkanes of at least 4 members (excludes halogenated alkanes) is 1. The average molecular weight is 185 g/mol. The number of likely N-dealkylation sites (N-methyl/N-ethyl adjacent to an activating group) is 1. The molecule has 13 heavy (non-hydrogen) atoms. The van der Waals surface area contributed by atoms with E-state index in [2.05, 4.69) is 36.1 Å². The number of nitrogens with zero attached hydrogens (tertiary/aromatic N) is 2. The second kappa shape index (κ2) is 9.52. The van der Waals surface area contributed by atoms with Crippen LogP contribution in [0, 0.1) is 0 Å². The highest BCUT2D eigenvalue weighted by Crippen LogP contribution is 1.81.